The van der Waals surface area contributed by atoms with Gasteiger partial charge in [0.25, 0.3) is 0 Å². The van der Waals surface area contributed by atoms with Crippen molar-refractivity contribution < 1.29 is 4.79 Å². The molecule has 0 aliphatic rings. The fourth-order valence-corrected chi connectivity index (χ4v) is 3.05. The van der Waals surface area contributed by atoms with Crippen LogP contribution in [0, 0.1) is 0 Å². The summed E-state index contributed by atoms with van der Waals surface area (Å²) in [4.78, 5) is 13.4. The van der Waals surface area contributed by atoms with Crippen molar-refractivity contribution >= 4 is 29.9 Å². The molecule has 5 heteroatoms. The van der Waals surface area contributed by atoms with Crippen LogP contribution in [-0.4, -0.2) is 9.74 Å². The summed E-state index contributed by atoms with van der Waals surface area (Å²) >= 11 is 2.63. The Hall–Kier alpha value is -1.59. The first-order valence-electron chi connectivity index (χ1n) is 5.31. The number of urea groups is 1. The number of rotatable bonds is 4. The van der Waals surface area contributed by atoms with Gasteiger partial charge in [-0.3, -0.25) is 0 Å². The molecule has 0 aliphatic carbocycles. The summed E-state index contributed by atoms with van der Waals surface area (Å²) in [7, 11) is 0. The van der Waals surface area contributed by atoms with Crippen LogP contribution in [0.1, 0.15) is 0 Å². The maximum Gasteiger partial charge on any atom is 0.335 e. The molecule has 0 bridgehead atoms. The van der Waals surface area contributed by atoms with Gasteiger partial charge < -0.3 is 5.73 Å². The number of benzene rings is 2. The van der Waals surface area contributed by atoms with Crippen LogP contribution >= 0.6 is 23.9 Å². The maximum atomic E-state index is 11.4. The lowest BCUT2D eigenvalue weighted by molar-refractivity contribution is 0.246. The predicted octanol–water partition coefficient (Wildman–Crippen LogP) is 3.78. The molecule has 2 aromatic rings. The number of hydrogen-bond donors (Lipinski definition) is 1. The molecule has 0 fully saturated rings. The minimum absolute atomic E-state index is 0.474. The highest BCUT2D eigenvalue weighted by atomic mass is 32.2. The first-order valence-corrected chi connectivity index (χ1v) is 6.86. The van der Waals surface area contributed by atoms with Crippen molar-refractivity contribution in [1.82, 2.24) is 3.71 Å². The first-order chi connectivity index (χ1) is 8.75. The van der Waals surface area contributed by atoms with E-state index in [9.17, 15) is 4.79 Å². The normalized spacial score (nSPS) is 10.0. The smallest absolute Gasteiger partial charge is 0.335 e. The number of amides is 2. The van der Waals surface area contributed by atoms with Gasteiger partial charge in [-0.05, 0) is 24.3 Å². The van der Waals surface area contributed by atoms with Crippen LogP contribution in [0.3, 0.4) is 0 Å². The molecule has 2 rings (SSSR count). The summed E-state index contributed by atoms with van der Waals surface area (Å²) in [6.07, 6.45) is 0. The van der Waals surface area contributed by atoms with Crippen LogP contribution in [0.4, 0.5) is 4.79 Å². The Morgan fingerprint density at radius 3 is 1.56 bits per heavy atom. The highest BCUT2D eigenvalue weighted by molar-refractivity contribution is 8.12. The number of nitrogens with two attached hydrogens (primary N) is 1. The Balaban J connectivity index is 2.08. The predicted molar refractivity (Wildman–Crippen MR) is 76.0 cm³/mol. The third-order valence-corrected chi connectivity index (χ3v) is 4.15. The summed E-state index contributed by atoms with van der Waals surface area (Å²) in [5, 5.41) is 0. The van der Waals surface area contributed by atoms with Gasteiger partial charge in [0, 0.05) is 33.7 Å². The van der Waals surface area contributed by atoms with Crippen molar-refractivity contribution in [3.63, 3.8) is 0 Å². The fraction of sp³-hybridized carbons (Fsp3) is 0. The molecule has 2 N–H and O–H groups in total. The minimum Gasteiger partial charge on any atom is -0.350 e. The van der Waals surface area contributed by atoms with E-state index in [1.165, 1.54) is 27.6 Å². The Kier molecular flexibility index (Phi) is 4.55. The van der Waals surface area contributed by atoms with Crippen molar-refractivity contribution in [3.05, 3.63) is 60.7 Å². The summed E-state index contributed by atoms with van der Waals surface area (Å²) in [6.45, 7) is 0. The SMILES string of the molecule is NC(=O)N(Sc1ccccc1)Sc1ccccc1. The molecular formula is C13H12N2OS2. The molecule has 2 amide bonds. The number of carbonyl (C=O) groups is 1. The molecule has 0 aromatic heterocycles. The number of carbonyl (C=O) groups excluding carboxylic acids is 1. The molecule has 0 aliphatic heterocycles. The van der Waals surface area contributed by atoms with Gasteiger partial charge in [-0.1, -0.05) is 36.4 Å². The van der Waals surface area contributed by atoms with Crippen LogP contribution in [0.2, 0.25) is 0 Å². The molecule has 0 spiro atoms. The van der Waals surface area contributed by atoms with E-state index in [1.54, 1.807) is 0 Å². The highest BCUT2D eigenvalue weighted by Gasteiger charge is 2.13. The largest absolute Gasteiger partial charge is 0.350 e. The van der Waals surface area contributed by atoms with Crippen LogP contribution in [0.25, 0.3) is 0 Å². The summed E-state index contributed by atoms with van der Waals surface area (Å²) < 4.78 is 1.46. The van der Waals surface area contributed by atoms with E-state index in [-0.39, 0.29) is 0 Å². The van der Waals surface area contributed by atoms with E-state index >= 15 is 0 Å². The van der Waals surface area contributed by atoms with Gasteiger partial charge in [0.15, 0.2) is 0 Å². The van der Waals surface area contributed by atoms with E-state index in [2.05, 4.69) is 0 Å². The minimum atomic E-state index is -0.474. The topological polar surface area (TPSA) is 46.3 Å². The van der Waals surface area contributed by atoms with Crippen molar-refractivity contribution in [2.24, 2.45) is 5.73 Å². The van der Waals surface area contributed by atoms with Crippen molar-refractivity contribution in [1.29, 1.82) is 0 Å². The van der Waals surface area contributed by atoms with Gasteiger partial charge in [-0.25, -0.2) is 4.79 Å². The van der Waals surface area contributed by atoms with Gasteiger partial charge in [-0.15, -0.1) is 0 Å². The van der Waals surface area contributed by atoms with Gasteiger partial charge in [0.2, 0.25) is 0 Å². The van der Waals surface area contributed by atoms with Crippen LogP contribution in [0.15, 0.2) is 70.5 Å². The highest BCUT2D eigenvalue weighted by Crippen LogP contribution is 2.33. The lowest BCUT2D eigenvalue weighted by atomic mass is 10.4. The average molecular weight is 276 g/mol. The third-order valence-electron chi connectivity index (χ3n) is 2.04. The number of nitrogens with zero attached hydrogens (tertiary/aromatic N) is 1. The number of primary amides is 1. The monoisotopic (exact) mass is 276 g/mol. The van der Waals surface area contributed by atoms with Gasteiger partial charge >= 0.3 is 6.03 Å². The Labute approximate surface area is 115 Å². The zero-order valence-electron chi connectivity index (χ0n) is 9.52. The molecular weight excluding hydrogens is 264 g/mol. The Bertz CT molecular complexity index is 463. The quantitative estimate of drug-likeness (QED) is 0.864. The maximum absolute atomic E-state index is 11.4. The lowest BCUT2D eigenvalue weighted by Crippen LogP contribution is -2.23. The molecule has 0 unspecified atom stereocenters. The van der Waals surface area contributed by atoms with E-state index in [0.29, 0.717) is 0 Å². The zero-order chi connectivity index (χ0) is 12.8. The van der Waals surface area contributed by atoms with Crippen molar-refractivity contribution in [2.45, 2.75) is 9.79 Å². The third kappa shape index (κ3) is 3.72. The van der Waals surface area contributed by atoms with E-state index in [4.69, 9.17) is 5.73 Å². The lowest BCUT2D eigenvalue weighted by Gasteiger charge is -2.17. The molecule has 2 aromatic carbocycles. The van der Waals surface area contributed by atoms with Gasteiger partial charge in [0.1, 0.15) is 0 Å². The molecule has 18 heavy (non-hydrogen) atoms. The second-order valence-corrected chi connectivity index (χ2v) is 5.67. The van der Waals surface area contributed by atoms with E-state index < -0.39 is 6.03 Å². The van der Waals surface area contributed by atoms with E-state index in [1.807, 2.05) is 60.7 Å². The average Bonchev–Trinajstić information content (AvgIpc) is 2.40. The molecule has 3 nitrogen and oxygen atoms in total. The Morgan fingerprint density at radius 1 is 0.833 bits per heavy atom. The second-order valence-electron chi connectivity index (χ2n) is 3.40. The fourth-order valence-electron chi connectivity index (χ4n) is 1.26. The summed E-state index contributed by atoms with van der Waals surface area (Å²) in [5.41, 5.74) is 5.38. The van der Waals surface area contributed by atoms with Crippen molar-refractivity contribution in [3.8, 4) is 0 Å². The summed E-state index contributed by atoms with van der Waals surface area (Å²) in [6, 6.07) is 18.8. The molecule has 0 atom stereocenters. The van der Waals surface area contributed by atoms with Crippen LogP contribution < -0.4 is 5.73 Å². The second kappa shape index (κ2) is 6.37. The first kappa shape index (κ1) is 12.9. The van der Waals surface area contributed by atoms with Crippen molar-refractivity contribution in [2.75, 3.05) is 0 Å². The van der Waals surface area contributed by atoms with E-state index in [0.717, 1.165) is 9.79 Å². The van der Waals surface area contributed by atoms with Crippen LogP contribution in [-0.2, 0) is 0 Å². The zero-order valence-corrected chi connectivity index (χ0v) is 11.2. The number of hydrogen-bond acceptors (Lipinski definition) is 3. The summed E-state index contributed by atoms with van der Waals surface area (Å²) in [5.74, 6) is 0. The van der Waals surface area contributed by atoms with Crippen LogP contribution in [0.5, 0.6) is 0 Å². The molecule has 92 valence electrons. The molecule has 0 radical (unpaired) electrons. The standard InChI is InChI=1S/C13H12N2OS2/c14-13(16)15(17-11-7-3-1-4-8-11)18-12-9-5-2-6-10-12/h1-10H,(H2,14,16). The molecule has 0 heterocycles. The van der Waals surface area contributed by atoms with Gasteiger partial charge in [-0.2, -0.15) is 3.71 Å². The Morgan fingerprint density at radius 2 is 1.22 bits per heavy atom. The molecule has 0 saturated heterocycles. The van der Waals surface area contributed by atoms with Gasteiger partial charge in [0.05, 0.1) is 0 Å². The molecule has 0 saturated carbocycles.